The number of fused-ring (bicyclic) bond motifs is 2. The molecule has 2 aromatic carbocycles. The number of anilines is 1. The van der Waals surface area contributed by atoms with Crippen molar-refractivity contribution in [2.24, 2.45) is 7.05 Å². The maximum atomic E-state index is 11.5. The van der Waals surface area contributed by atoms with Gasteiger partial charge in [-0.3, -0.25) is 4.79 Å². The average molecular weight is 464 g/mol. The average Bonchev–Trinajstić information content (AvgIpc) is 3.44. The Morgan fingerprint density at radius 3 is 2.97 bits per heavy atom. The molecule has 0 aliphatic carbocycles. The van der Waals surface area contributed by atoms with Gasteiger partial charge < -0.3 is 24.6 Å². The predicted octanol–water partition coefficient (Wildman–Crippen LogP) is 3.93. The van der Waals surface area contributed by atoms with Crippen LogP contribution in [-0.4, -0.2) is 40.8 Å². The second-order valence-electron chi connectivity index (χ2n) is 8.83. The van der Waals surface area contributed by atoms with Gasteiger partial charge in [-0.1, -0.05) is 18.2 Å². The van der Waals surface area contributed by atoms with Crippen molar-refractivity contribution >= 4 is 11.7 Å². The highest BCUT2D eigenvalue weighted by molar-refractivity contribution is 5.68. The van der Waals surface area contributed by atoms with Gasteiger partial charge in [-0.2, -0.15) is 5.10 Å². The van der Waals surface area contributed by atoms with E-state index in [4.69, 9.17) is 14.2 Å². The molecule has 2 aliphatic rings. The van der Waals surface area contributed by atoms with Gasteiger partial charge in [0, 0.05) is 37.7 Å². The Morgan fingerprint density at radius 1 is 1.21 bits per heavy atom. The van der Waals surface area contributed by atoms with Crippen LogP contribution in [0, 0.1) is 0 Å². The van der Waals surface area contributed by atoms with Gasteiger partial charge in [-0.15, -0.1) is 0 Å². The summed E-state index contributed by atoms with van der Waals surface area (Å²) in [6, 6.07) is 14.1. The van der Waals surface area contributed by atoms with Crippen LogP contribution < -0.4 is 19.5 Å². The number of aromatic nitrogens is 2. The van der Waals surface area contributed by atoms with Gasteiger partial charge in [-0.05, 0) is 54.2 Å². The number of aryl methyl sites for hydroxylation is 2. The lowest BCUT2D eigenvalue weighted by atomic mass is 9.91. The van der Waals surface area contributed by atoms with E-state index >= 15 is 0 Å². The molecule has 8 nitrogen and oxygen atoms in total. The van der Waals surface area contributed by atoms with E-state index in [1.807, 2.05) is 31.3 Å². The third-order valence-electron chi connectivity index (χ3n) is 6.39. The molecule has 0 saturated heterocycles. The SMILES string of the molecule is Cn1nc(CC(CC(=O)O)c2ccc3c(c2)OCO3)cc1OCCc1ccc2c(c1)NCCC2. The number of aliphatic carboxylic acids is 1. The minimum Gasteiger partial charge on any atom is -0.481 e. The largest absolute Gasteiger partial charge is 0.481 e. The van der Waals surface area contributed by atoms with Gasteiger partial charge in [0.2, 0.25) is 12.7 Å². The second-order valence-corrected chi connectivity index (χ2v) is 8.83. The van der Waals surface area contributed by atoms with Crippen LogP contribution in [0.4, 0.5) is 5.69 Å². The van der Waals surface area contributed by atoms with E-state index in [0.717, 1.165) is 30.6 Å². The van der Waals surface area contributed by atoms with E-state index in [0.29, 0.717) is 30.4 Å². The van der Waals surface area contributed by atoms with Crippen molar-refractivity contribution < 1.29 is 24.1 Å². The number of hydrogen-bond donors (Lipinski definition) is 2. The number of nitrogens with zero attached hydrogens (tertiary/aromatic N) is 2. The number of ether oxygens (including phenoxy) is 3. The topological polar surface area (TPSA) is 94.8 Å². The Kier molecular flexibility index (Phi) is 6.29. The maximum Gasteiger partial charge on any atom is 0.303 e. The Morgan fingerprint density at radius 2 is 2.09 bits per heavy atom. The molecule has 2 aliphatic heterocycles. The molecule has 3 aromatic rings. The van der Waals surface area contributed by atoms with Gasteiger partial charge in [0.25, 0.3) is 0 Å². The number of rotatable bonds is 9. The van der Waals surface area contributed by atoms with Gasteiger partial charge >= 0.3 is 5.97 Å². The minimum absolute atomic E-state index is 0.00122. The fourth-order valence-corrected chi connectivity index (χ4v) is 4.62. The lowest BCUT2D eigenvalue weighted by molar-refractivity contribution is -0.137. The second kappa shape index (κ2) is 9.67. The molecule has 2 N–H and O–H groups in total. The van der Waals surface area contributed by atoms with Crippen LogP contribution in [-0.2, 0) is 31.1 Å². The Labute approximate surface area is 198 Å². The molecule has 8 heteroatoms. The van der Waals surface area contributed by atoms with E-state index in [-0.39, 0.29) is 19.1 Å². The standard InChI is InChI=1S/C26H29N3O5/c1-29-25(32-10-8-17-4-5-18-3-2-9-27-22(18)11-17)15-21(28-29)12-20(14-26(30)31)19-6-7-23-24(13-19)34-16-33-23/h4-7,11,13,15,20,27H,2-3,8-10,12,14,16H2,1H3,(H,30,31). The van der Waals surface area contributed by atoms with Crippen molar-refractivity contribution in [3.05, 3.63) is 64.8 Å². The first-order chi connectivity index (χ1) is 16.5. The molecule has 1 unspecified atom stereocenters. The summed E-state index contributed by atoms with van der Waals surface area (Å²) in [5, 5.41) is 17.5. The molecular weight excluding hydrogens is 434 g/mol. The summed E-state index contributed by atoms with van der Waals surface area (Å²) in [6.07, 6.45) is 3.60. The van der Waals surface area contributed by atoms with Gasteiger partial charge in [0.1, 0.15) is 0 Å². The van der Waals surface area contributed by atoms with Crippen molar-refractivity contribution in [3.63, 3.8) is 0 Å². The van der Waals surface area contributed by atoms with Crippen LogP contribution in [0.5, 0.6) is 17.4 Å². The molecular formula is C26H29N3O5. The van der Waals surface area contributed by atoms with Crippen molar-refractivity contribution in [1.82, 2.24) is 9.78 Å². The molecule has 0 fully saturated rings. The van der Waals surface area contributed by atoms with E-state index in [9.17, 15) is 9.90 Å². The Hall–Kier alpha value is -3.68. The zero-order valence-corrected chi connectivity index (χ0v) is 19.3. The zero-order valence-electron chi connectivity index (χ0n) is 19.3. The number of carboxylic acids is 1. The number of hydrogen-bond acceptors (Lipinski definition) is 6. The fraction of sp³-hybridized carbons (Fsp3) is 0.385. The summed E-state index contributed by atoms with van der Waals surface area (Å²) >= 11 is 0. The Balaban J connectivity index is 1.23. The summed E-state index contributed by atoms with van der Waals surface area (Å²) in [5.41, 5.74) is 5.53. The van der Waals surface area contributed by atoms with Crippen LogP contribution in [0.25, 0.3) is 0 Å². The molecule has 0 radical (unpaired) electrons. The number of carbonyl (C=O) groups is 1. The van der Waals surface area contributed by atoms with Crippen molar-refractivity contribution in [2.75, 3.05) is 25.3 Å². The molecule has 5 rings (SSSR count). The lowest BCUT2D eigenvalue weighted by Crippen LogP contribution is -2.12. The molecule has 1 atom stereocenters. The minimum atomic E-state index is -0.852. The molecule has 0 saturated carbocycles. The summed E-state index contributed by atoms with van der Waals surface area (Å²) in [4.78, 5) is 11.5. The van der Waals surface area contributed by atoms with Crippen molar-refractivity contribution in [1.29, 1.82) is 0 Å². The number of nitrogens with one attached hydrogen (secondary N) is 1. The summed E-state index contributed by atoms with van der Waals surface area (Å²) in [5.74, 6) is 0.912. The van der Waals surface area contributed by atoms with Crippen LogP contribution in [0.3, 0.4) is 0 Å². The van der Waals surface area contributed by atoms with Crippen LogP contribution >= 0.6 is 0 Å². The van der Waals surface area contributed by atoms with Crippen LogP contribution in [0.1, 0.15) is 41.1 Å². The monoisotopic (exact) mass is 463 g/mol. The van der Waals surface area contributed by atoms with Crippen molar-refractivity contribution in [3.8, 4) is 17.4 Å². The van der Waals surface area contributed by atoms with E-state index < -0.39 is 5.97 Å². The summed E-state index contributed by atoms with van der Waals surface area (Å²) in [7, 11) is 1.84. The van der Waals surface area contributed by atoms with Gasteiger partial charge in [0.15, 0.2) is 11.5 Å². The number of benzene rings is 2. The third kappa shape index (κ3) is 4.95. The lowest BCUT2D eigenvalue weighted by Gasteiger charge is -2.18. The van der Waals surface area contributed by atoms with E-state index in [2.05, 4.69) is 28.6 Å². The summed E-state index contributed by atoms with van der Waals surface area (Å²) in [6.45, 7) is 1.75. The molecule has 178 valence electrons. The molecule has 34 heavy (non-hydrogen) atoms. The zero-order chi connectivity index (χ0) is 23.5. The maximum absolute atomic E-state index is 11.5. The molecule has 1 aromatic heterocycles. The quantitative estimate of drug-likeness (QED) is 0.496. The fourth-order valence-electron chi connectivity index (χ4n) is 4.62. The molecule has 0 spiro atoms. The number of carboxylic acid groups (broad SMARTS) is 1. The van der Waals surface area contributed by atoms with Gasteiger partial charge in [0.05, 0.1) is 18.7 Å². The highest BCUT2D eigenvalue weighted by Crippen LogP contribution is 2.36. The highest BCUT2D eigenvalue weighted by Gasteiger charge is 2.22. The third-order valence-corrected chi connectivity index (χ3v) is 6.39. The highest BCUT2D eigenvalue weighted by atomic mass is 16.7. The van der Waals surface area contributed by atoms with Crippen LogP contribution in [0.2, 0.25) is 0 Å². The molecule has 3 heterocycles. The molecule has 0 bridgehead atoms. The Bertz CT molecular complexity index is 1190. The van der Waals surface area contributed by atoms with Gasteiger partial charge in [-0.25, -0.2) is 4.68 Å². The smallest absolute Gasteiger partial charge is 0.303 e. The molecule has 0 amide bonds. The first kappa shape index (κ1) is 22.1. The first-order valence-electron chi connectivity index (χ1n) is 11.7. The summed E-state index contributed by atoms with van der Waals surface area (Å²) < 4.78 is 18.6. The first-order valence-corrected chi connectivity index (χ1v) is 11.7. The predicted molar refractivity (Wildman–Crippen MR) is 127 cm³/mol. The van der Waals surface area contributed by atoms with Crippen molar-refractivity contribution in [2.45, 2.75) is 38.0 Å². The van der Waals surface area contributed by atoms with E-state index in [1.54, 1.807) is 4.68 Å². The van der Waals surface area contributed by atoms with E-state index in [1.165, 1.54) is 23.2 Å². The van der Waals surface area contributed by atoms with Crippen LogP contribution in [0.15, 0.2) is 42.5 Å². The normalized spacial score (nSPS) is 14.9.